The first kappa shape index (κ1) is 35.1. The first-order valence-electron chi connectivity index (χ1n) is 4.99. The summed E-state index contributed by atoms with van der Waals surface area (Å²) in [5, 5.41) is 77.6. The van der Waals surface area contributed by atoms with Gasteiger partial charge in [-0.2, -0.15) is 0 Å². The molecule has 5 N–H and O–H groups in total. The van der Waals surface area contributed by atoms with Gasteiger partial charge in [-0.1, -0.05) is 0 Å². The maximum absolute atomic E-state index is 9.99. The number of carbonyl (C=O) groups is 6. The van der Waals surface area contributed by atoms with Crippen molar-refractivity contribution >= 4 is 35.8 Å². The minimum atomic E-state index is -3.42. The second kappa shape index (κ2) is 16.4. The molecular formula is C9H8O15Zn2. The van der Waals surface area contributed by atoms with Gasteiger partial charge in [0.2, 0.25) is 0 Å². The normalized spacial score (nSPS) is 9.81. The average molecular weight is 487 g/mol. The number of aliphatic hydroxyl groups excluding tert-OH is 1. The van der Waals surface area contributed by atoms with Gasteiger partial charge in [-0.25, -0.2) is 4.79 Å². The fraction of sp³-hybridized carbons (Fsp3) is 0.333. The van der Waals surface area contributed by atoms with E-state index in [4.69, 9.17) is 65.1 Å². The van der Waals surface area contributed by atoms with Crippen LogP contribution in [0.15, 0.2) is 0 Å². The number of carbonyl (C=O) groups excluding carboxylic acids is 4. The number of aliphatic carboxylic acids is 6. The van der Waals surface area contributed by atoms with E-state index in [9.17, 15) is 9.59 Å². The molecule has 0 radical (unpaired) electrons. The van der Waals surface area contributed by atoms with E-state index in [2.05, 4.69) is 0 Å². The predicted molar refractivity (Wildman–Crippen MR) is 53.1 cm³/mol. The Labute approximate surface area is 168 Å². The first-order chi connectivity index (χ1) is 10.6. The summed E-state index contributed by atoms with van der Waals surface area (Å²) in [7, 11) is 0. The third kappa shape index (κ3) is 20.0. The molecule has 26 heavy (non-hydrogen) atoms. The topological polar surface area (TPSA) is 296 Å². The SMILES string of the molecule is O=C(O)CC(O)C(O)(O)C(=O)O.O=C([O-])C(=O)[O-].O=C([O-])C(=O)[O-].[Zn+2].[Zn+2]. The van der Waals surface area contributed by atoms with Crippen LogP contribution < -0.4 is 20.4 Å². The molecule has 0 amide bonds. The van der Waals surface area contributed by atoms with E-state index in [1.807, 2.05) is 0 Å². The van der Waals surface area contributed by atoms with Crippen molar-refractivity contribution in [1.82, 2.24) is 0 Å². The van der Waals surface area contributed by atoms with Crippen molar-refractivity contribution in [2.24, 2.45) is 0 Å². The van der Waals surface area contributed by atoms with Gasteiger partial charge >= 0.3 is 50.9 Å². The summed E-state index contributed by atoms with van der Waals surface area (Å²) < 4.78 is 0. The molecule has 0 heterocycles. The molecule has 1 unspecified atom stereocenters. The molecule has 0 spiro atoms. The van der Waals surface area contributed by atoms with E-state index in [-0.39, 0.29) is 39.0 Å². The minimum absolute atomic E-state index is 0. The van der Waals surface area contributed by atoms with Crippen LogP contribution in [0.3, 0.4) is 0 Å². The molecule has 0 aromatic carbocycles. The van der Waals surface area contributed by atoms with E-state index in [1.165, 1.54) is 0 Å². The van der Waals surface area contributed by atoms with Gasteiger partial charge in [0.1, 0.15) is 6.10 Å². The number of hydrogen-bond donors (Lipinski definition) is 5. The van der Waals surface area contributed by atoms with Crippen LogP contribution in [0.4, 0.5) is 0 Å². The van der Waals surface area contributed by atoms with E-state index in [0.29, 0.717) is 0 Å². The fourth-order valence-electron chi connectivity index (χ4n) is 0.450. The van der Waals surface area contributed by atoms with Gasteiger partial charge in [-0.05, 0) is 0 Å². The Morgan fingerprint density at radius 3 is 1.08 bits per heavy atom. The van der Waals surface area contributed by atoms with Gasteiger partial charge in [-0.15, -0.1) is 0 Å². The van der Waals surface area contributed by atoms with Gasteiger partial charge < -0.3 is 65.1 Å². The van der Waals surface area contributed by atoms with Crippen molar-refractivity contribution in [3.05, 3.63) is 0 Å². The zero-order chi connectivity index (χ0) is 20.2. The molecule has 0 saturated carbocycles. The Hall–Kier alpha value is -2.05. The Kier molecular flexibility index (Phi) is 22.2. The fourth-order valence-corrected chi connectivity index (χ4v) is 0.450. The smallest absolute Gasteiger partial charge is 0.543 e. The standard InChI is InChI=1S/C5H8O7.2C2H2O4.2Zn/c6-2(1-3(7)8)5(11,12)4(9)10;2*3-1(4)2(5)6;;/h2,6,11-12H,1H2,(H,7,8)(H,9,10);2*(H,3,4)(H,5,6);;/q;;;2*+2/p-4. The van der Waals surface area contributed by atoms with Gasteiger partial charge in [-0.3, -0.25) is 4.79 Å². The summed E-state index contributed by atoms with van der Waals surface area (Å²) in [4.78, 5) is 55.6. The molecule has 0 saturated heterocycles. The van der Waals surface area contributed by atoms with Crippen molar-refractivity contribution in [2.45, 2.75) is 18.3 Å². The van der Waals surface area contributed by atoms with Crippen molar-refractivity contribution < 1.29 is 114 Å². The number of carboxylic acids is 6. The molecule has 0 fully saturated rings. The largest absolute Gasteiger partial charge is 2.00 e. The minimum Gasteiger partial charge on any atom is -0.543 e. The number of hydrogen-bond acceptors (Lipinski definition) is 13. The Bertz CT molecular complexity index is 465. The number of rotatable bonds is 4. The Morgan fingerprint density at radius 1 is 0.731 bits per heavy atom. The summed E-state index contributed by atoms with van der Waals surface area (Å²) >= 11 is 0. The second-order valence-corrected chi connectivity index (χ2v) is 3.29. The summed E-state index contributed by atoms with van der Waals surface area (Å²) in [6.07, 6.45) is -3.31. The summed E-state index contributed by atoms with van der Waals surface area (Å²) in [5.41, 5.74) is 0. The molecule has 0 aliphatic carbocycles. The quantitative estimate of drug-likeness (QED) is 0.140. The Morgan fingerprint density at radius 2 is 0.962 bits per heavy atom. The van der Waals surface area contributed by atoms with E-state index >= 15 is 0 Å². The molecule has 0 aromatic rings. The molecule has 0 aliphatic heterocycles. The molecule has 0 aliphatic rings. The molecule has 138 valence electrons. The predicted octanol–water partition coefficient (Wildman–Crippen LogP) is -9.45. The van der Waals surface area contributed by atoms with E-state index in [1.54, 1.807) is 0 Å². The third-order valence-corrected chi connectivity index (χ3v) is 1.48. The molecule has 0 bridgehead atoms. The summed E-state index contributed by atoms with van der Waals surface area (Å²) in [6, 6.07) is 0. The molecule has 0 rings (SSSR count). The maximum atomic E-state index is 9.99. The van der Waals surface area contributed by atoms with Gasteiger partial charge in [0.15, 0.2) is 0 Å². The van der Waals surface area contributed by atoms with Crippen LogP contribution in [0, 0.1) is 0 Å². The monoisotopic (exact) mass is 484 g/mol. The van der Waals surface area contributed by atoms with Gasteiger partial charge in [0.25, 0.3) is 5.79 Å². The molecule has 15 nitrogen and oxygen atoms in total. The Balaban J connectivity index is -0.0000000900. The van der Waals surface area contributed by atoms with Crippen molar-refractivity contribution in [1.29, 1.82) is 0 Å². The third-order valence-electron chi connectivity index (χ3n) is 1.48. The first-order valence-corrected chi connectivity index (χ1v) is 4.99. The van der Waals surface area contributed by atoms with E-state index < -0.39 is 54.1 Å². The van der Waals surface area contributed by atoms with E-state index in [0.717, 1.165) is 0 Å². The molecule has 0 aromatic heterocycles. The van der Waals surface area contributed by atoms with Gasteiger partial charge in [0, 0.05) is 0 Å². The second-order valence-electron chi connectivity index (χ2n) is 3.29. The number of carboxylic acid groups (broad SMARTS) is 6. The maximum Gasteiger partial charge on any atom is 2.00 e. The van der Waals surface area contributed by atoms with Crippen LogP contribution in [-0.4, -0.2) is 73.2 Å². The van der Waals surface area contributed by atoms with Crippen LogP contribution in [0.1, 0.15) is 6.42 Å². The van der Waals surface area contributed by atoms with Crippen molar-refractivity contribution in [3.63, 3.8) is 0 Å². The summed E-state index contributed by atoms with van der Waals surface area (Å²) in [6.45, 7) is 0. The van der Waals surface area contributed by atoms with Crippen LogP contribution >= 0.6 is 0 Å². The van der Waals surface area contributed by atoms with Crippen LogP contribution in [0.5, 0.6) is 0 Å². The van der Waals surface area contributed by atoms with Crippen molar-refractivity contribution in [2.75, 3.05) is 0 Å². The number of aliphatic hydroxyl groups is 3. The summed E-state index contributed by atoms with van der Waals surface area (Å²) in [5.74, 6) is -15.8. The molecule has 1 atom stereocenters. The zero-order valence-corrected chi connectivity index (χ0v) is 18.5. The van der Waals surface area contributed by atoms with Crippen molar-refractivity contribution in [3.8, 4) is 0 Å². The van der Waals surface area contributed by atoms with Crippen LogP contribution in [0.25, 0.3) is 0 Å². The van der Waals surface area contributed by atoms with Crippen LogP contribution in [0.2, 0.25) is 0 Å². The average Bonchev–Trinajstić information content (AvgIpc) is 2.38. The zero-order valence-electron chi connectivity index (χ0n) is 12.5. The van der Waals surface area contributed by atoms with Gasteiger partial charge in [0.05, 0.1) is 30.3 Å². The van der Waals surface area contributed by atoms with Crippen LogP contribution in [-0.2, 0) is 67.7 Å². The molecular weight excluding hydrogens is 479 g/mol. The molecule has 17 heteroatoms.